The fraction of sp³-hybridized carbons (Fsp3) is 0.182. The second kappa shape index (κ2) is 4.49. The Morgan fingerprint density at radius 3 is 2.53 bits per heavy atom. The van der Waals surface area contributed by atoms with E-state index in [-0.39, 0.29) is 6.79 Å². The van der Waals surface area contributed by atoms with E-state index in [1.165, 1.54) is 0 Å². The summed E-state index contributed by atoms with van der Waals surface area (Å²) in [5.74, 6) is 1.32. The van der Waals surface area contributed by atoms with Gasteiger partial charge < -0.3 is 9.47 Å². The van der Waals surface area contributed by atoms with Crippen LogP contribution in [0.5, 0.6) is 11.5 Å². The van der Waals surface area contributed by atoms with Crippen molar-refractivity contribution < 1.29 is 14.3 Å². The zero-order valence-corrected chi connectivity index (χ0v) is 9.49. The quantitative estimate of drug-likeness (QED) is 0.625. The largest absolute Gasteiger partial charge is 0.454 e. The molecule has 0 N–H and O–H groups in total. The summed E-state index contributed by atoms with van der Waals surface area (Å²) in [7, 11) is 0. The van der Waals surface area contributed by atoms with Crippen molar-refractivity contribution in [2.75, 3.05) is 12.1 Å². The van der Waals surface area contributed by atoms with E-state index in [2.05, 4.69) is 15.9 Å². The van der Waals surface area contributed by atoms with Crippen LogP contribution in [0.2, 0.25) is 0 Å². The molecule has 0 saturated heterocycles. The molecular formula is C11H9BrO3. The molecule has 0 fully saturated rings. The molecule has 0 aliphatic carbocycles. The van der Waals surface area contributed by atoms with Crippen LogP contribution < -0.4 is 9.47 Å². The Labute approximate surface area is 95.8 Å². The third-order valence-electron chi connectivity index (χ3n) is 2.09. The van der Waals surface area contributed by atoms with Gasteiger partial charge >= 0.3 is 0 Å². The van der Waals surface area contributed by atoms with E-state index in [0.717, 1.165) is 17.2 Å². The van der Waals surface area contributed by atoms with Gasteiger partial charge in [-0.1, -0.05) is 28.1 Å². The highest BCUT2D eigenvalue weighted by atomic mass is 79.9. The Kier molecular flexibility index (Phi) is 3.06. The highest BCUT2D eigenvalue weighted by Gasteiger charge is 2.15. The number of carbonyl (C=O) groups excluding carboxylic acids is 1. The van der Waals surface area contributed by atoms with Crippen molar-refractivity contribution in [2.24, 2.45) is 0 Å². The number of rotatable bonds is 3. The first kappa shape index (κ1) is 10.2. The predicted molar refractivity (Wildman–Crippen MR) is 60.8 cm³/mol. The summed E-state index contributed by atoms with van der Waals surface area (Å²) in [6.45, 7) is 0.221. The fourth-order valence-electron chi connectivity index (χ4n) is 1.39. The van der Waals surface area contributed by atoms with Crippen molar-refractivity contribution in [3.05, 3.63) is 29.3 Å². The van der Waals surface area contributed by atoms with Gasteiger partial charge in [0, 0.05) is 10.9 Å². The standard InChI is InChI=1S/C11H9BrO3/c12-3-1-2-8-4-10-11(15-7-14-10)5-9(8)6-13/h1-2,4-6H,3,7H2. The van der Waals surface area contributed by atoms with Crippen LogP contribution in [0, 0.1) is 0 Å². The minimum atomic E-state index is 0.221. The van der Waals surface area contributed by atoms with E-state index >= 15 is 0 Å². The van der Waals surface area contributed by atoms with Crippen molar-refractivity contribution in [1.29, 1.82) is 0 Å². The Morgan fingerprint density at radius 2 is 1.93 bits per heavy atom. The summed E-state index contributed by atoms with van der Waals surface area (Å²) in [4.78, 5) is 10.8. The van der Waals surface area contributed by atoms with E-state index in [9.17, 15) is 4.79 Å². The van der Waals surface area contributed by atoms with E-state index in [1.807, 2.05) is 18.2 Å². The lowest BCUT2D eigenvalue weighted by Gasteiger charge is -2.01. The molecule has 1 aromatic carbocycles. The number of benzene rings is 1. The average molecular weight is 269 g/mol. The zero-order chi connectivity index (χ0) is 10.7. The maximum absolute atomic E-state index is 10.8. The predicted octanol–water partition coefficient (Wildman–Crippen LogP) is 2.64. The van der Waals surface area contributed by atoms with Crippen molar-refractivity contribution in [2.45, 2.75) is 0 Å². The summed E-state index contributed by atoms with van der Waals surface area (Å²) >= 11 is 3.28. The van der Waals surface area contributed by atoms with Crippen LogP contribution in [0.3, 0.4) is 0 Å². The molecule has 2 rings (SSSR count). The van der Waals surface area contributed by atoms with E-state index in [1.54, 1.807) is 6.07 Å². The SMILES string of the molecule is O=Cc1cc2c(cc1C=CCBr)OCO2. The fourth-order valence-corrected chi connectivity index (χ4v) is 1.58. The zero-order valence-electron chi connectivity index (χ0n) is 7.90. The summed E-state index contributed by atoms with van der Waals surface area (Å²) < 4.78 is 10.4. The molecule has 15 heavy (non-hydrogen) atoms. The summed E-state index contributed by atoms with van der Waals surface area (Å²) in [6.07, 6.45) is 4.61. The molecule has 0 unspecified atom stereocenters. The topological polar surface area (TPSA) is 35.5 Å². The molecule has 1 aliphatic rings. The highest BCUT2D eigenvalue weighted by Crippen LogP contribution is 2.34. The molecule has 0 radical (unpaired) electrons. The number of hydrogen-bond donors (Lipinski definition) is 0. The van der Waals surface area contributed by atoms with Crippen molar-refractivity contribution >= 4 is 28.3 Å². The third-order valence-corrected chi connectivity index (χ3v) is 2.47. The second-order valence-electron chi connectivity index (χ2n) is 3.01. The smallest absolute Gasteiger partial charge is 0.231 e. The van der Waals surface area contributed by atoms with Gasteiger partial charge in [-0.15, -0.1) is 0 Å². The van der Waals surface area contributed by atoms with Gasteiger partial charge in [-0.05, 0) is 17.7 Å². The highest BCUT2D eigenvalue weighted by molar-refractivity contribution is 9.09. The van der Waals surface area contributed by atoms with Crippen LogP contribution in [0.1, 0.15) is 15.9 Å². The van der Waals surface area contributed by atoms with Gasteiger partial charge in [0.25, 0.3) is 0 Å². The van der Waals surface area contributed by atoms with Crippen LogP contribution in [0.4, 0.5) is 0 Å². The van der Waals surface area contributed by atoms with Gasteiger partial charge in [-0.3, -0.25) is 4.79 Å². The van der Waals surface area contributed by atoms with Gasteiger partial charge in [-0.25, -0.2) is 0 Å². The second-order valence-corrected chi connectivity index (χ2v) is 3.66. The van der Waals surface area contributed by atoms with Crippen LogP contribution in [-0.4, -0.2) is 18.4 Å². The van der Waals surface area contributed by atoms with Crippen LogP contribution >= 0.6 is 15.9 Å². The molecular weight excluding hydrogens is 260 g/mol. The lowest BCUT2D eigenvalue weighted by molar-refractivity contribution is 0.112. The summed E-state index contributed by atoms with van der Waals surface area (Å²) in [5, 5.41) is 0.750. The van der Waals surface area contributed by atoms with Gasteiger partial charge in [0.15, 0.2) is 17.8 Å². The summed E-state index contributed by atoms with van der Waals surface area (Å²) in [5.41, 5.74) is 1.45. The molecule has 0 saturated carbocycles. The minimum absolute atomic E-state index is 0.221. The third kappa shape index (κ3) is 2.04. The van der Waals surface area contributed by atoms with Crippen molar-refractivity contribution in [1.82, 2.24) is 0 Å². The van der Waals surface area contributed by atoms with Gasteiger partial charge in [-0.2, -0.15) is 0 Å². The van der Waals surface area contributed by atoms with Crippen LogP contribution in [0.15, 0.2) is 18.2 Å². The average Bonchev–Trinajstić information content (AvgIpc) is 2.71. The van der Waals surface area contributed by atoms with E-state index < -0.39 is 0 Å². The van der Waals surface area contributed by atoms with Crippen LogP contribution in [-0.2, 0) is 0 Å². The number of carbonyl (C=O) groups is 1. The maximum Gasteiger partial charge on any atom is 0.231 e. The van der Waals surface area contributed by atoms with E-state index in [0.29, 0.717) is 17.1 Å². The first-order valence-electron chi connectivity index (χ1n) is 4.46. The molecule has 4 heteroatoms. The van der Waals surface area contributed by atoms with Gasteiger partial charge in [0.2, 0.25) is 6.79 Å². The monoisotopic (exact) mass is 268 g/mol. The lowest BCUT2D eigenvalue weighted by atomic mass is 10.1. The van der Waals surface area contributed by atoms with Gasteiger partial charge in [0.1, 0.15) is 0 Å². The Balaban J connectivity index is 2.44. The maximum atomic E-state index is 10.8. The number of fused-ring (bicyclic) bond motifs is 1. The number of aldehydes is 1. The first-order chi connectivity index (χ1) is 7.35. The van der Waals surface area contributed by atoms with Gasteiger partial charge in [0.05, 0.1) is 0 Å². The molecule has 1 aromatic rings. The number of hydrogen-bond acceptors (Lipinski definition) is 3. The molecule has 0 spiro atoms. The van der Waals surface area contributed by atoms with Crippen molar-refractivity contribution in [3.8, 4) is 11.5 Å². The molecule has 1 aliphatic heterocycles. The number of halogens is 1. The number of ether oxygens (including phenoxy) is 2. The number of alkyl halides is 1. The summed E-state index contributed by atoms with van der Waals surface area (Å²) in [6, 6.07) is 3.51. The Hall–Kier alpha value is -1.29. The molecule has 78 valence electrons. The molecule has 0 bridgehead atoms. The van der Waals surface area contributed by atoms with E-state index in [4.69, 9.17) is 9.47 Å². The Morgan fingerprint density at radius 1 is 1.27 bits per heavy atom. The minimum Gasteiger partial charge on any atom is -0.454 e. The molecule has 0 atom stereocenters. The lowest BCUT2D eigenvalue weighted by Crippen LogP contribution is -1.92. The molecule has 1 heterocycles. The molecule has 0 aromatic heterocycles. The number of allylic oxidation sites excluding steroid dienone is 1. The van der Waals surface area contributed by atoms with Crippen molar-refractivity contribution in [3.63, 3.8) is 0 Å². The van der Waals surface area contributed by atoms with Crippen LogP contribution in [0.25, 0.3) is 6.08 Å². The molecule has 3 nitrogen and oxygen atoms in total. The Bertz CT molecular complexity index is 413. The first-order valence-corrected chi connectivity index (χ1v) is 5.58. The molecule has 0 amide bonds. The normalized spacial score (nSPS) is 13.4.